The monoisotopic (exact) mass is 472 g/mol. The third-order valence-electron chi connectivity index (χ3n) is 5.35. The molecular formula is C24H28N2O6S. The third kappa shape index (κ3) is 6.43. The summed E-state index contributed by atoms with van der Waals surface area (Å²) >= 11 is 0. The molecule has 0 aliphatic carbocycles. The van der Waals surface area contributed by atoms with E-state index in [2.05, 4.69) is 19.2 Å². The Kier molecular flexibility index (Phi) is 7.55. The average Bonchev–Trinajstić information content (AvgIpc) is 3.12. The van der Waals surface area contributed by atoms with E-state index in [1.165, 1.54) is 17.7 Å². The van der Waals surface area contributed by atoms with E-state index in [1.54, 1.807) is 18.4 Å². The molecule has 0 aliphatic rings. The summed E-state index contributed by atoms with van der Waals surface area (Å²) in [6, 6.07) is 10.1. The van der Waals surface area contributed by atoms with Crippen LogP contribution in [0.2, 0.25) is 0 Å². The Morgan fingerprint density at radius 2 is 1.85 bits per heavy atom. The standard InChI is InChI=1S/C24H28N2O6S/c1-15(2)20-12-21-18(13-31-22(21)10-16(20)3)11-24(28)32-14-23(27)26-9-8-17-4-6-19(7-5-17)33(25,29)30/h4-7,10,12-13,15H,8-9,11,14H2,1-3H3,(H,26,27)(H2,25,29,30). The molecule has 0 fully saturated rings. The van der Waals surface area contributed by atoms with Crippen LogP contribution in [0.4, 0.5) is 0 Å². The van der Waals surface area contributed by atoms with Crippen LogP contribution in [-0.2, 0) is 37.2 Å². The van der Waals surface area contributed by atoms with Crippen molar-refractivity contribution in [3.8, 4) is 0 Å². The number of ether oxygens (including phenoxy) is 1. The maximum absolute atomic E-state index is 12.2. The summed E-state index contributed by atoms with van der Waals surface area (Å²) in [6.45, 7) is 6.19. The van der Waals surface area contributed by atoms with Crippen molar-refractivity contribution < 1.29 is 27.2 Å². The molecule has 0 saturated carbocycles. The van der Waals surface area contributed by atoms with E-state index in [9.17, 15) is 18.0 Å². The number of rotatable bonds is 9. The van der Waals surface area contributed by atoms with Gasteiger partial charge in [0.05, 0.1) is 17.6 Å². The molecule has 1 amide bonds. The fourth-order valence-corrected chi connectivity index (χ4v) is 4.11. The molecule has 0 radical (unpaired) electrons. The summed E-state index contributed by atoms with van der Waals surface area (Å²) in [4.78, 5) is 24.3. The smallest absolute Gasteiger partial charge is 0.310 e. The van der Waals surface area contributed by atoms with E-state index in [0.29, 0.717) is 18.9 Å². The third-order valence-corrected chi connectivity index (χ3v) is 6.28. The zero-order valence-corrected chi connectivity index (χ0v) is 19.7. The molecule has 9 heteroatoms. The summed E-state index contributed by atoms with van der Waals surface area (Å²) in [5.74, 6) is -0.586. The van der Waals surface area contributed by atoms with Crippen molar-refractivity contribution in [1.29, 1.82) is 0 Å². The highest BCUT2D eigenvalue weighted by atomic mass is 32.2. The normalized spacial score (nSPS) is 11.7. The second-order valence-electron chi connectivity index (χ2n) is 8.25. The van der Waals surface area contributed by atoms with Crippen LogP contribution < -0.4 is 10.5 Å². The fraction of sp³-hybridized carbons (Fsp3) is 0.333. The first-order chi connectivity index (χ1) is 15.5. The van der Waals surface area contributed by atoms with Gasteiger partial charge in [0.25, 0.3) is 5.91 Å². The molecule has 0 unspecified atom stereocenters. The number of carbonyl (C=O) groups excluding carboxylic acids is 2. The Morgan fingerprint density at radius 1 is 1.15 bits per heavy atom. The highest BCUT2D eigenvalue weighted by molar-refractivity contribution is 7.89. The molecule has 0 aliphatic heterocycles. The van der Waals surface area contributed by atoms with E-state index in [4.69, 9.17) is 14.3 Å². The van der Waals surface area contributed by atoms with Gasteiger partial charge in [0.2, 0.25) is 10.0 Å². The number of furan rings is 1. The molecule has 8 nitrogen and oxygen atoms in total. The SMILES string of the molecule is Cc1cc2occ(CC(=O)OCC(=O)NCCc3ccc(S(N)(=O)=O)cc3)c2cc1C(C)C. The number of hydrogen-bond donors (Lipinski definition) is 2. The van der Waals surface area contributed by atoms with Gasteiger partial charge in [0.15, 0.2) is 6.61 Å². The summed E-state index contributed by atoms with van der Waals surface area (Å²) in [7, 11) is -3.73. The number of fused-ring (bicyclic) bond motifs is 1. The molecule has 0 bridgehead atoms. The van der Waals surface area contributed by atoms with Crippen LogP contribution in [-0.4, -0.2) is 33.4 Å². The van der Waals surface area contributed by atoms with Gasteiger partial charge in [-0.05, 0) is 60.2 Å². The van der Waals surface area contributed by atoms with Gasteiger partial charge in [-0.1, -0.05) is 26.0 Å². The lowest BCUT2D eigenvalue weighted by atomic mass is 9.95. The van der Waals surface area contributed by atoms with Crippen LogP contribution in [0.5, 0.6) is 0 Å². The molecular weight excluding hydrogens is 444 g/mol. The summed E-state index contributed by atoms with van der Waals surface area (Å²) in [6.07, 6.45) is 2.05. The van der Waals surface area contributed by atoms with Crippen molar-refractivity contribution >= 4 is 32.9 Å². The van der Waals surface area contributed by atoms with Crippen molar-refractivity contribution in [2.45, 2.75) is 44.4 Å². The predicted octanol–water partition coefficient (Wildman–Crippen LogP) is 2.96. The number of nitrogens with one attached hydrogen (secondary N) is 1. The fourth-order valence-electron chi connectivity index (χ4n) is 3.60. The van der Waals surface area contributed by atoms with Crippen LogP contribution in [0.15, 0.2) is 52.0 Å². The molecule has 0 atom stereocenters. The Bertz CT molecular complexity index is 1260. The van der Waals surface area contributed by atoms with E-state index >= 15 is 0 Å². The average molecular weight is 473 g/mol. The molecule has 0 saturated heterocycles. The van der Waals surface area contributed by atoms with Gasteiger partial charge in [0, 0.05) is 17.5 Å². The van der Waals surface area contributed by atoms with Crippen LogP contribution in [0.1, 0.15) is 42.0 Å². The first-order valence-corrected chi connectivity index (χ1v) is 12.1. The largest absolute Gasteiger partial charge is 0.464 e. The number of amides is 1. The van der Waals surface area contributed by atoms with Crippen molar-refractivity contribution in [2.75, 3.05) is 13.2 Å². The first kappa shape index (κ1) is 24.5. The highest BCUT2D eigenvalue weighted by Gasteiger charge is 2.15. The van der Waals surface area contributed by atoms with E-state index < -0.39 is 21.9 Å². The Hall–Kier alpha value is -3.17. The number of nitrogens with two attached hydrogens (primary N) is 1. The molecule has 3 aromatic rings. The van der Waals surface area contributed by atoms with Gasteiger partial charge >= 0.3 is 5.97 Å². The van der Waals surface area contributed by atoms with Crippen molar-refractivity contribution in [2.24, 2.45) is 5.14 Å². The Balaban J connectivity index is 1.47. The van der Waals surface area contributed by atoms with Gasteiger partial charge in [-0.15, -0.1) is 0 Å². The number of aryl methyl sites for hydroxylation is 1. The molecule has 33 heavy (non-hydrogen) atoms. The van der Waals surface area contributed by atoms with Crippen LogP contribution >= 0.6 is 0 Å². The lowest BCUT2D eigenvalue weighted by molar-refractivity contribution is -0.147. The molecule has 1 aromatic heterocycles. The lowest BCUT2D eigenvalue weighted by Gasteiger charge is -2.10. The molecule has 2 aromatic carbocycles. The topological polar surface area (TPSA) is 129 Å². The molecule has 3 rings (SSSR count). The maximum atomic E-state index is 12.2. The van der Waals surface area contributed by atoms with Gasteiger partial charge in [-0.2, -0.15) is 0 Å². The molecule has 0 spiro atoms. The van der Waals surface area contributed by atoms with E-state index in [-0.39, 0.29) is 17.9 Å². The zero-order chi connectivity index (χ0) is 24.2. The number of benzene rings is 2. The van der Waals surface area contributed by atoms with Gasteiger partial charge < -0.3 is 14.5 Å². The van der Waals surface area contributed by atoms with Crippen molar-refractivity contribution in [3.05, 3.63) is 64.9 Å². The number of carbonyl (C=O) groups is 2. The lowest BCUT2D eigenvalue weighted by Crippen LogP contribution is -2.30. The van der Waals surface area contributed by atoms with Gasteiger partial charge in [-0.25, -0.2) is 13.6 Å². The first-order valence-electron chi connectivity index (χ1n) is 10.6. The summed E-state index contributed by atoms with van der Waals surface area (Å²) in [5.41, 5.74) is 4.60. The number of hydrogen-bond acceptors (Lipinski definition) is 6. The quantitative estimate of drug-likeness (QED) is 0.461. The minimum absolute atomic E-state index is 0.0112. The van der Waals surface area contributed by atoms with Crippen molar-refractivity contribution in [3.63, 3.8) is 0 Å². The van der Waals surface area contributed by atoms with E-state index in [0.717, 1.165) is 27.7 Å². The van der Waals surface area contributed by atoms with Crippen molar-refractivity contribution in [1.82, 2.24) is 5.32 Å². The van der Waals surface area contributed by atoms with Crippen LogP contribution in [0.3, 0.4) is 0 Å². The minimum Gasteiger partial charge on any atom is -0.464 e. The van der Waals surface area contributed by atoms with E-state index in [1.807, 2.05) is 19.1 Å². The molecule has 3 N–H and O–H groups in total. The predicted molar refractivity (Wildman–Crippen MR) is 124 cm³/mol. The molecule has 176 valence electrons. The van der Waals surface area contributed by atoms with Gasteiger partial charge in [0.1, 0.15) is 5.58 Å². The zero-order valence-electron chi connectivity index (χ0n) is 18.9. The molecule has 1 heterocycles. The minimum atomic E-state index is -3.73. The summed E-state index contributed by atoms with van der Waals surface area (Å²) < 4.78 is 33.2. The Morgan fingerprint density at radius 3 is 2.48 bits per heavy atom. The second-order valence-corrected chi connectivity index (χ2v) is 9.81. The maximum Gasteiger partial charge on any atom is 0.310 e. The second kappa shape index (κ2) is 10.2. The van der Waals surface area contributed by atoms with Gasteiger partial charge in [-0.3, -0.25) is 9.59 Å². The van der Waals surface area contributed by atoms with Crippen LogP contribution in [0, 0.1) is 6.92 Å². The number of esters is 1. The summed E-state index contributed by atoms with van der Waals surface area (Å²) in [5, 5.41) is 8.61. The van der Waals surface area contributed by atoms with Crippen LogP contribution in [0.25, 0.3) is 11.0 Å². The number of primary sulfonamides is 1. The Labute approximate surface area is 193 Å². The highest BCUT2D eigenvalue weighted by Crippen LogP contribution is 2.29. The number of sulfonamides is 1.